The van der Waals surface area contributed by atoms with E-state index >= 15 is 0 Å². The zero-order chi connectivity index (χ0) is 8.27. The van der Waals surface area contributed by atoms with Crippen LogP contribution >= 0.6 is 0 Å². The minimum atomic E-state index is 0.637. The van der Waals surface area contributed by atoms with Gasteiger partial charge >= 0.3 is 0 Å². The maximum atomic E-state index is 2.38. The lowest BCUT2D eigenvalue weighted by Crippen LogP contribution is -2.31. The van der Waals surface area contributed by atoms with E-state index in [1.807, 2.05) is 0 Å². The van der Waals surface area contributed by atoms with Crippen LogP contribution in [0.1, 0.15) is 13.8 Å². The lowest BCUT2D eigenvalue weighted by Gasteiger charge is -2.24. The molecule has 11 heavy (non-hydrogen) atoms. The summed E-state index contributed by atoms with van der Waals surface area (Å²) in [7, 11) is 2.16. The summed E-state index contributed by atoms with van der Waals surface area (Å²) in [4.78, 5) is 4.71. The van der Waals surface area contributed by atoms with Crippen molar-refractivity contribution in [2.24, 2.45) is 0 Å². The first-order chi connectivity index (χ1) is 5.20. The van der Waals surface area contributed by atoms with E-state index in [9.17, 15) is 0 Å². The van der Waals surface area contributed by atoms with Crippen molar-refractivity contribution in [3.05, 3.63) is 12.3 Å². The fourth-order valence-electron chi connectivity index (χ4n) is 1.24. The molecule has 64 valence electrons. The average Bonchev–Trinajstić information content (AvgIpc) is 2.13. The molecule has 1 heterocycles. The van der Waals surface area contributed by atoms with Crippen LogP contribution in [0.4, 0.5) is 0 Å². The van der Waals surface area contributed by atoms with Gasteiger partial charge in [0.2, 0.25) is 0 Å². The Morgan fingerprint density at radius 1 is 1.27 bits per heavy atom. The third-order valence-corrected chi connectivity index (χ3v) is 2.12. The predicted octanol–water partition coefficient (Wildman–Crippen LogP) is 1.16. The molecule has 0 N–H and O–H groups in total. The second kappa shape index (κ2) is 3.77. The number of likely N-dealkylation sites (N-methyl/N-ethyl adjacent to an activating group) is 1. The molecule has 1 rings (SSSR count). The molecule has 1 aliphatic heterocycles. The molecule has 0 fully saturated rings. The monoisotopic (exact) mass is 154 g/mol. The SMILES string of the molecule is CC(C)N1C=CCN(C)CC1. The molecule has 0 unspecified atom stereocenters. The first kappa shape index (κ1) is 8.60. The molecule has 0 aliphatic carbocycles. The Hall–Kier alpha value is -0.500. The van der Waals surface area contributed by atoms with Crippen LogP contribution in [0.15, 0.2) is 12.3 Å². The maximum Gasteiger partial charge on any atom is 0.0303 e. The van der Waals surface area contributed by atoms with Gasteiger partial charge in [0.15, 0.2) is 0 Å². The van der Waals surface area contributed by atoms with E-state index in [0.717, 1.165) is 13.1 Å². The zero-order valence-corrected chi connectivity index (χ0v) is 7.75. The number of hydrogen-bond acceptors (Lipinski definition) is 2. The van der Waals surface area contributed by atoms with Gasteiger partial charge in [0.05, 0.1) is 0 Å². The van der Waals surface area contributed by atoms with Crippen LogP contribution in [-0.2, 0) is 0 Å². The molecule has 2 heteroatoms. The van der Waals surface area contributed by atoms with Crippen molar-refractivity contribution in [2.45, 2.75) is 19.9 Å². The van der Waals surface area contributed by atoms with E-state index in [4.69, 9.17) is 0 Å². The van der Waals surface area contributed by atoms with Gasteiger partial charge in [0.1, 0.15) is 0 Å². The van der Waals surface area contributed by atoms with Crippen molar-refractivity contribution in [3.63, 3.8) is 0 Å². The summed E-state index contributed by atoms with van der Waals surface area (Å²) in [6.45, 7) is 7.88. The molecule has 0 atom stereocenters. The molecule has 0 bridgehead atoms. The van der Waals surface area contributed by atoms with Gasteiger partial charge in [-0.1, -0.05) is 6.08 Å². The van der Waals surface area contributed by atoms with Crippen LogP contribution in [0.5, 0.6) is 0 Å². The molecular formula is C9H18N2. The second-order valence-corrected chi connectivity index (χ2v) is 3.48. The molecular weight excluding hydrogens is 136 g/mol. The van der Waals surface area contributed by atoms with Gasteiger partial charge in [-0.25, -0.2) is 0 Å². The first-order valence-electron chi connectivity index (χ1n) is 4.31. The number of nitrogens with zero attached hydrogens (tertiary/aromatic N) is 2. The molecule has 0 saturated heterocycles. The van der Waals surface area contributed by atoms with Crippen LogP contribution in [-0.4, -0.2) is 42.5 Å². The Labute approximate surface area is 69.5 Å². The zero-order valence-electron chi connectivity index (χ0n) is 7.75. The van der Waals surface area contributed by atoms with Gasteiger partial charge in [0, 0.05) is 25.7 Å². The van der Waals surface area contributed by atoms with E-state index < -0.39 is 0 Å². The fraction of sp³-hybridized carbons (Fsp3) is 0.778. The van der Waals surface area contributed by atoms with E-state index in [1.54, 1.807) is 0 Å². The van der Waals surface area contributed by atoms with Crippen LogP contribution in [0.25, 0.3) is 0 Å². The Balaban J connectivity index is 2.45. The summed E-state index contributed by atoms with van der Waals surface area (Å²) in [5.41, 5.74) is 0. The Bertz CT molecular complexity index is 140. The maximum absolute atomic E-state index is 2.38. The summed E-state index contributed by atoms with van der Waals surface area (Å²) in [6.07, 6.45) is 4.45. The Morgan fingerprint density at radius 2 is 2.00 bits per heavy atom. The molecule has 0 aromatic rings. The lowest BCUT2D eigenvalue weighted by atomic mass is 10.3. The van der Waals surface area contributed by atoms with Gasteiger partial charge in [-0.05, 0) is 27.1 Å². The highest BCUT2D eigenvalue weighted by atomic mass is 15.2. The van der Waals surface area contributed by atoms with Crippen molar-refractivity contribution in [3.8, 4) is 0 Å². The van der Waals surface area contributed by atoms with E-state index in [1.165, 1.54) is 6.54 Å². The van der Waals surface area contributed by atoms with Crippen molar-refractivity contribution < 1.29 is 0 Å². The van der Waals surface area contributed by atoms with Crippen molar-refractivity contribution in [1.82, 2.24) is 9.80 Å². The summed E-state index contributed by atoms with van der Waals surface area (Å²) in [6, 6.07) is 0.637. The van der Waals surface area contributed by atoms with Crippen LogP contribution < -0.4 is 0 Å². The third-order valence-electron chi connectivity index (χ3n) is 2.12. The molecule has 0 saturated carbocycles. The molecule has 0 aromatic heterocycles. The minimum absolute atomic E-state index is 0.637. The normalized spacial score (nSPS) is 20.9. The highest BCUT2D eigenvalue weighted by molar-refractivity contribution is 4.89. The highest BCUT2D eigenvalue weighted by Gasteiger charge is 2.07. The van der Waals surface area contributed by atoms with Crippen molar-refractivity contribution >= 4 is 0 Å². The van der Waals surface area contributed by atoms with Crippen molar-refractivity contribution in [2.75, 3.05) is 26.7 Å². The average molecular weight is 154 g/mol. The van der Waals surface area contributed by atoms with Gasteiger partial charge < -0.3 is 9.80 Å². The smallest absolute Gasteiger partial charge is 0.0303 e. The first-order valence-corrected chi connectivity index (χ1v) is 4.31. The van der Waals surface area contributed by atoms with E-state index in [0.29, 0.717) is 6.04 Å². The quantitative estimate of drug-likeness (QED) is 0.559. The lowest BCUT2D eigenvalue weighted by molar-refractivity contribution is 0.273. The van der Waals surface area contributed by atoms with Gasteiger partial charge in [-0.3, -0.25) is 0 Å². The molecule has 0 radical (unpaired) electrons. The number of rotatable bonds is 1. The molecule has 0 aromatic carbocycles. The van der Waals surface area contributed by atoms with E-state index in [-0.39, 0.29) is 0 Å². The largest absolute Gasteiger partial charge is 0.374 e. The fourth-order valence-corrected chi connectivity index (χ4v) is 1.24. The van der Waals surface area contributed by atoms with Gasteiger partial charge in [-0.2, -0.15) is 0 Å². The van der Waals surface area contributed by atoms with Gasteiger partial charge in [-0.15, -0.1) is 0 Å². The summed E-state index contributed by atoms with van der Waals surface area (Å²) < 4.78 is 0. The van der Waals surface area contributed by atoms with E-state index in [2.05, 4.69) is 43.0 Å². The summed E-state index contributed by atoms with van der Waals surface area (Å²) >= 11 is 0. The highest BCUT2D eigenvalue weighted by Crippen LogP contribution is 2.02. The van der Waals surface area contributed by atoms with Crippen LogP contribution in [0, 0.1) is 0 Å². The standard InChI is InChI=1S/C9H18N2/c1-9(2)11-6-4-5-10(3)7-8-11/h4,6,9H,5,7-8H2,1-3H3. The number of hydrogen-bond donors (Lipinski definition) is 0. The molecule has 1 aliphatic rings. The minimum Gasteiger partial charge on any atom is -0.374 e. The Morgan fingerprint density at radius 3 is 2.64 bits per heavy atom. The van der Waals surface area contributed by atoms with Crippen LogP contribution in [0.3, 0.4) is 0 Å². The molecule has 0 spiro atoms. The molecule has 0 amide bonds. The topological polar surface area (TPSA) is 6.48 Å². The van der Waals surface area contributed by atoms with Gasteiger partial charge in [0.25, 0.3) is 0 Å². The van der Waals surface area contributed by atoms with Crippen molar-refractivity contribution in [1.29, 1.82) is 0 Å². The predicted molar refractivity (Wildman–Crippen MR) is 48.5 cm³/mol. The summed E-state index contributed by atoms with van der Waals surface area (Å²) in [5.74, 6) is 0. The second-order valence-electron chi connectivity index (χ2n) is 3.48. The van der Waals surface area contributed by atoms with Crippen LogP contribution in [0.2, 0.25) is 0 Å². The third kappa shape index (κ3) is 2.54. The molecule has 2 nitrogen and oxygen atoms in total. The Kier molecular flexibility index (Phi) is 2.94. The summed E-state index contributed by atoms with van der Waals surface area (Å²) in [5, 5.41) is 0.